The van der Waals surface area contributed by atoms with Crippen molar-refractivity contribution in [1.29, 1.82) is 0 Å². The van der Waals surface area contributed by atoms with Gasteiger partial charge in [-0.1, -0.05) is 13.3 Å². The molecular weight excluding hydrogens is 232 g/mol. The van der Waals surface area contributed by atoms with E-state index in [1.165, 1.54) is 18.4 Å². The molecule has 0 fully saturated rings. The van der Waals surface area contributed by atoms with Crippen molar-refractivity contribution in [2.75, 3.05) is 27.2 Å². The Balaban J connectivity index is 4.34. The van der Waals surface area contributed by atoms with Gasteiger partial charge >= 0.3 is 5.97 Å². The normalized spacial score (nSPS) is 12.3. The third-order valence-corrected chi connectivity index (χ3v) is 4.20. The average molecular weight is 252 g/mol. The predicted molar refractivity (Wildman–Crippen MR) is 61.3 cm³/mol. The maximum absolute atomic E-state index is 11.8. The molecule has 0 heterocycles. The Morgan fingerprint density at radius 2 is 1.69 bits per heavy atom. The van der Waals surface area contributed by atoms with E-state index in [0.29, 0.717) is 6.54 Å². The fourth-order valence-electron chi connectivity index (χ4n) is 1.10. The number of aliphatic carboxylic acids is 1. The van der Waals surface area contributed by atoms with E-state index >= 15 is 0 Å². The van der Waals surface area contributed by atoms with Gasteiger partial charge in [-0.3, -0.25) is 4.79 Å². The standard InChI is InChI=1S/C9H20N2O4S/c1-4-5-7-10(2)16(14,15)11(3)8-6-9(12)13/h4-8H2,1-3H3,(H,12,13). The van der Waals surface area contributed by atoms with Gasteiger partial charge in [-0.05, 0) is 6.42 Å². The molecule has 0 spiro atoms. The molecule has 0 bridgehead atoms. The van der Waals surface area contributed by atoms with E-state index in [1.807, 2.05) is 6.92 Å². The van der Waals surface area contributed by atoms with Crippen LogP contribution in [-0.2, 0) is 15.0 Å². The summed E-state index contributed by atoms with van der Waals surface area (Å²) in [6, 6.07) is 0. The van der Waals surface area contributed by atoms with Crippen molar-refractivity contribution in [3.63, 3.8) is 0 Å². The minimum absolute atomic E-state index is 0.00582. The largest absolute Gasteiger partial charge is 0.481 e. The van der Waals surface area contributed by atoms with Crippen molar-refractivity contribution < 1.29 is 18.3 Å². The fourth-order valence-corrected chi connectivity index (χ4v) is 2.26. The molecule has 0 amide bonds. The first-order chi connectivity index (χ1) is 7.32. The smallest absolute Gasteiger partial charge is 0.304 e. The van der Waals surface area contributed by atoms with Crippen LogP contribution in [0.1, 0.15) is 26.2 Å². The molecule has 7 heteroatoms. The number of carbonyl (C=O) groups is 1. The summed E-state index contributed by atoms with van der Waals surface area (Å²) >= 11 is 0. The van der Waals surface area contributed by atoms with Crippen LogP contribution >= 0.6 is 0 Å². The lowest BCUT2D eigenvalue weighted by Gasteiger charge is -2.23. The van der Waals surface area contributed by atoms with Gasteiger partial charge in [0.1, 0.15) is 0 Å². The maximum Gasteiger partial charge on any atom is 0.304 e. The second-order valence-corrected chi connectivity index (χ2v) is 5.79. The number of nitrogens with zero attached hydrogens (tertiary/aromatic N) is 2. The van der Waals surface area contributed by atoms with Crippen LogP contribution < -0.4 is 0 Å². The van der Waals surface area contributed by atoms with Gasteiger partial charge in [0.05, 0.1) is 6.42 Å². The number of carboxylic acid groups (broad SMARTS) is 1. The van der Waals surface area contributed by atoms with Crippen LogP contribution in [0.15, 0.2) is 0 Å². The molecule has 0 saturated heterocycles. The predicted octanol–water partition coefficient (Wildman–Crippen LogP) is 0.370. The van der Waals surface area contributed by atoms with E-state index in [9.17, 15) is 13.2 Å². The van der Waals surface area contributed by atoms with Crippen molar-refractivity contribution >= 4 is 16.2 Å². The van der Waals surface area contributed by atoms with Gasteiger partial charge in [0.15, 0.2) is 0 Å². The first-order valence-corrected chi connectivity index (χ1v) is 6.61. The topological polar surface area (TPSA) is 77.9 Å². The van der Waals surface area contributed by atoms with Crippen molar-refractivity contribution in [2.45, 2.75) is 26.2 Å². The minimum atomic E-state index is -3.50. The van der Waals surface area contributed by atoms with Gasteiger partial charge in [-0.2, -0.15) is 17.0 Å². The van der Waals surface area contributed by atoms with E-state index in [4.69, 9.17) is 5.11 Å². The number of carboxylic acids is 1. The van der Waals surface area contributed by atoms with Crippen LogP contribution in [0.2, 0.25) is 0 Å². The molecule has 0 unspecified atom stereocenters. The molecule has 0 saturated carbocycles. The molecule has 6 nitrogen and oxygen atoms in total. The Bertz CT molecular complexity index is 315. The summed E-state index contributed by atoms with van der Waals surface area (Å²) < 4.78 is 25.9. The minimum Gasteiger partial charge on any atom is -0.481 e. The zero-order valence-corrected chi connectivity index (χ0v) is 10.8. The van der Waals surface area contributed by atoms with E-state index in [2.05, 4.69) is 0 Å². The van der Waals surface area contributed by atoms with Gasteiger partial charge in [0.2, 0.25) is 0 Å². The lowest BCUT2D eigenvalue weighted by Crippen LogP contribution is -2.40. The van der Waals surface area contributed by atoms with Crippen LogP contribution in [0.3, 0.4) is 0 Å². The summed E-state index contributed by atoms with van der Waals surface area (Å²) in [7, 11) is -0.612. The highest BCUT2D eigenvalue weighted by Gasteiger charge is 2.23. The molecule has 16 heavy (non-hydrogen) atoms. The van der Waals surface area contributed by atoms with Crippen molar-refractivity contribution in [3.8, 4) is 0 Å². The molecule has 0 radical (unpaired) electrons. The highest BCUT2D eigenvalue weighted by atomic mass is 32.2. The van der Waals surface area contributed by atoms with E-state index in [1.54, 1.807) is 0 Å². The summed E-state index contributed by atoms with van der Waals surface area (Å²) in [6.07, 6.45) is 1.53. The Kier molecular flexibility index (Phi) is 6.54. The van der Waals surface area contributed by atoms with E-state index in [0.717, 1.165) is 17.1 Å². The number of hydrogen-bond acceptors (Lipinski definition) is 3. The molecule has 0 aliphatic rings. The summed E-state index contributed by atoms with van der Waals surface area (Å²) in [5, 5.41) is 8.47. The second kappa shape index (κ2) is 6.82. The molecule has 0 aliphatic carbocycles. The summed E-state index contributed by atoms with van der Waals surface area (Å²) in [5.74, 6) is -1.00. The average Bonchev–Trinajstić information content (AvgIpc) is 2.21. The number of unbranched alkanes of at least 4 members (excludes halogenated alkanes) is 1. The van der Waals surface area contributed by atoms with E-state index < -0.39 is 16.2 Å². The van der Waals surface area contributed by atoms with Crippen LogP contribution in [0.25, 0.3) is 0 Å². The van der Waals surface area contributed by atoms with Crippen molar-refractivity contribution in [1.82, 2.24) is 8.61 Å². The Morgan fingerprint density at radius 1 is 1.19 bits per heavy atom. The second-order valence-electron chi connectivity index (χ2n) is 3.65. The molecule has 0 atom stereocenters. The van der Waals surface area contributed by atoms with E-state index in [-0.39, 0.29) is 13.0 Å². The maximum atomic E-state index is 11.8. The molecular formula is C9H20N2O4S. The molecule has 96 valence electrons. The zero-order chi connectivity index (χ0) is 12.8. The summed E-state index contributed by atoms with van der Waals surface area (Å²) in [6.45, 7) is 2.43. The van der Waals surface area contributed by atoms with Crippen LogP contribution in [-0.4, -0.2) is 55.3 Å². The van der Waals surface area contributed by atoms with Crippen molar-refractivity contribution in [3.05, 3.63) is 0 Å². The lowest BCUT2D eigenvalue weighted by atomic mass is 10.3. The molecule has 0 aromatic carbocycles. The molecule has 0 aromatic heterocycles. The molecule has 1 N–H and O–H groups in total. The monoisotopic (exact) mass is 252 g/mol. The number of hydrogen-bond donors (Lipinski definition) is 1. The third kappa shape index (κ3) is 4.91. The van der Waals surface area contributed by atoms with Crippen LogP contribution in [0.5, 0.6) is 0 Å². The SMILES string of the molecule is CCCCN(C)S(=O)(=O)N(C)CCC(=O)O. The van der Waals surface area contributed by atoms with Crippen molar-refractivity contribution in [2.24, 2.45) is 0 Å². The quantitative estimate of drug-likeness (QED) is 0.677. The Morgan fingerprint density at radius 3 is 2.12 bits per heavy atom. The van der Waals surface area contributed by atoms with Gasteiger partial charge in [-0.15, -0.1) is 0 Å². The van der Waals surface area contributed by atoms with Gasteiger partial charge in [0.25, 0.3) is 10.2 Å². The van der Waals surface area contributed by atoms with Crippen LogP contribution in [0, 0.1) is 0 Å². The molecule has 0 aliphatic heterocycles. The van der Waals surface area contributed by atoms with Crippen LogP contribution in [0.4, 0.5) is 0 Å². The highest BCUT2D eigenvalue weighted by Crippen LogP contribution is 2.06. The lowest BCUT2D eigenvalue weighted by molar-refractivity contribution is -0.137. The number of rotatable bonds is 8. The first-order valence-electron chi connectivity index (χ1n) is 5.21. The first kappa shape index (κ1) is 15.3. The van der Waals surface area contributed by atoms with Gasteiger partial charge in [0, 0.05) is 27.2 Å². The fraction of sp³-hybridized carbons (Fsp3) is 0.889. The Labute approximate surface area is 97.0 Å². The molecule has 0 aromatic rings. The van der Waals surface area contributed by atoms with Gasteiger partial charge in [-0.25, -0.2) is 0 Å². The van der Waals surface area contributed by atoms with Gasteiger partial charge < -0.3 is 5.11 Å². The Hall–Kier alpha value is -0.660. The molecule has 0 rings (SSSR count). The summed E-state index contributed by atoms with van der Waals surface area (Å²) in [4.78, 5) is 10.3. The third-order valence-electron chi connectivity index (χ3n) is 2.25. The highest BCUT2D eigenvalue weighted by molar-refractivity contribution is 7.86. The summed E-state index contributed by atoms with van der Waals surface area (Å²) in [5.41, 5.74) is 0. The zero-order valence-electron chi connectivity index (χ0n) is 10.0.